The van der Waals surface area contributed by atoms with Crippen LogP contribution in [0, 0.1) is 11.3 Å². The fraction of sp³-hybridized carbons (Fsp3) is 0.200. The quantitative estimate of drug-likeness (QED) is 0.790. The molecule has 0 atom stereocenters. The zero-order valence-corrected chi connectivity index (χ0v) is 12.0. The van der Waals surface area contributed by atoms with Crippen molar-refractivity contribution in [3.63, 3.8) is 0 Å². The summed E-state index contributed by atoms with van der Waals surface area (Å²) in [6.07, 6.45) is 1.39. The van der Waals surface area contributed by atoms with Gasteiger partial charge in [0.2, 0.25) is 0 Å². The monoisotopic (exact) mass is 305 g/mol. The van der Waals surface area contributed by atoms with Crippen LogP contribution in [0.4, 0.5) is 0 Å². The van der Waals surface area contributed by atoms with Crippen LogP contribution in [0.1, 0.15) is 28.6 Å². The Morgan fingerprint density at radius 3 is 2.90 bits per heavy atom. The molecule has 0 bridgehead atoms. The second-order valence-electron chi connectivity index (χ2n) is 4.02. The van der Waals surface area contributed by atoms with Crippen molar-refractivity contribution in [2.45, 2.75) is 13.5 Å². The predicted octanol–water partition coefficient (Wildman–Crippen LogP) is 3.56. The van der Waals surface area contributed by atoms with Gasteiger partial charge in [-0.2, -0.15) is 5.26 Å². The van der Waals surface area contributed by atoms with E-state index in [0.29, 0.717) is 27.7 Å². The van der Waals surface area contributed by atoms with E-state index in [9.17, 15) is 4.79 Å². The molecule has 0 radical (unpaired) electrons. The molecular formula is C15H12ClNO4. The lowest BCUT2D eigenvalue weighted by atomic mass is 10.2. The number of ether oxygens (including phenoxy) is 2. The Labute approximate surface area is 126 Å². The summed E-state index contributed by atoms with van der Waals surface area (Å²) in [5.41, 5.74) is 0.763. The van der Waals surface area contributed by atoms with E-state index in [4.69, 9.17) is 30.8 Å². The van der Waals surface area contributed by atoms with Gasteiger partial charge >= 0.3 is 5.97 Å². The number of furan rings is 1. The number of nitrogens with zero attached hydrogens (tertiary/aromatic N) is 1. The highest BCUT2D eigenvalue weighted by molar-refractivity contribution is 6.32. The molecule has 108 valence electrons. The first-order chi connectivity index (χ1) is 10.2. The van der Waals surface area contributed by atoms with Crippen LogP contribution in [0.5, 0.6) is 5.75 Å². The average molecular weight is 306 g/mol. The van der Waals surface area contributed by atoms with E-state index < -0.39 is 5.97 Å². The van der Waals surface area contributed by atoms with E-state index in [1.165, 1.54) is 18.4 Å². The summed E-state index contributed by atoms with van der Waals surface area (Å²) in [6, 6.07) is 8.20. The van der Waals surface area contributed by atoms with E-state index >= 15 is 0 Å². The van der Waals surface area contributed by atoms with Gasteiger partial charge in [0.05, 0.1) is 29.5 Å². The van der Waals surface area contributed by atoms with Crippen LogP contribution in [0.25, 0.3) is 0 Å². The van der Waals surface area contributed by atoms with E-state index in [0.717, 1.165) is 0 Å². The minimum absolute atomic E-state index is 0.0345. The molecule has 0 unspecified atom stereocenters. The number of nitriles is 1. The van der Waals surface area contributed by atoms with Crippen molar-refractivity contribution in [1.82, 2.24) is 0 Å². The molecule has 5 nitrogen and oxygen atoms in total. The third kappa shape index (κ3) is 3.56. The first-order valence-electron chi connectivity index (χ1n) is 6.21. The van der Waals surface area contributed by atoms with E-state index in [2.05, 4.69) is 0 Å². The lowest BCUT2D eigenvalue weighted by Crippen LogP contribution is -2.07. The molecule has 0 aliphatic rings. The Morgan fingerprint density at radius 2 is 2.24 bits per heavy atom. The number of hydrogen-bond acceptors (Lipinski definition) is 5. The molecule has 0 saturated heterocycles. The normalized spacial score (nSPS) is 9.95. The van der Waals surface area contributed by atoms with Crippen molar-refractivity contribution in [2.75, 3.05) is 6.61 Å². The van der Waals surface area contributed by atoms with Gasteiger partial charge in [0.1, 0.15) is 17.9 Å². The minimum atomic E-state index is -0.462. The highest BCUT2D eigenvalue weighted by Gasteiger charge is 2.16. The molecule has 0 aliphatic carbocycles. The Balaban J connectivity index is 2.09. The summed E-state index contributed by atoms with van der Waals surface area (Å²) in [7, 11) is 0. The molecule has 0 saturated carbocycles. The van der Waals surface area contributed by atoms with Crippen LogP contribution in [0.15, 0.2) is 34.9 Å². The molecule has 2 rings (SSSR count). The number of hydrogen-bond donors (Lipinski definition) is 0. The summed E-state index contributed by atoms with van der Waals surface area (Å²) in [6.45, 7) is 2.04. The van der Waals surface area contributed by atoms with Crippen LogP contribution in [-0.2, 0) is 11.3 Å². The van der Waals surface area contributed by atoms with Crippen molar-refractivity contribution < 1.29 is 18.7 Å². The van der Waals surface area contributed by atoms with Crippen molar-refractivity contribution in [2.24, 2.45) is 0 Å². The van der Waals surface area contributed by atoms with E-state index in [1.807, 2.05) is 6.07 Å². The number of rotatable bonds is 5. The molecule has 1 aromatic carbocycles. The zero-order valence-electron chi connectivity index (χ0n) is 11.3. The molecule has 6 heteroatoms. The molecule has 0 fully saturated rings. The number of benzene rings is 1. The van der Waals surface area contributed by atoms with Gasteiger partial charge in [0.25, 0.3) is 0 Å². The minimum Gasteiger partial charge on any atom is -0.484 e. The molecule has 0 N–H and O–H groups in total. The highest BCUT2D eigenvalue weighted by atomic mass is 35.5. The summed E-state index contributed by atoms with van der Waals surface area (Å²) < 4.78 is 15.6. The Kier molecular flexibility index (Phi) is 4.85. The van der Waals surface area contributed by atoms with Crippen molar-refractivity contribution in [1.29, 1.82) is 5.26 Å². The topological polar surface area (TPSA) is 72.5 Å². The fourth-order valence-corrected chi connectivity index (χ4v) is 1.91. The number of carbonyl (C=O) groups is 1. The average Bonchev–Trinajstić information content (AvgIpc) is 2.94. The lowest BCUT2D eigenvalue weighted by molar-refractivity contribution is 0.0521. The second-order valence-corrected chi connectivity index (χ2v) is 4.43. The van der Waals surface area contributed by atoms with Crippen molar-refractivity contribution in [3.05, 3.63) is 52.4 Å². The summed E-state index contributed by atoms with van der Waals surface area (Å²) in [5.74, 6) is 0.298. The largest absolute Gasteiger partial charge is 0.484 e. The number of halogens is 1. The lowest BCUT2D eigenvalue weighted by Gasteiger charge is -2.08. The smallest absolute Gasteiger partial charge is 0.341 e. The molecule has 2 aromatic rings. The molecule has 0 aliphatic heterocycles. The first-order valence-corrected chi connectivity index (χ1v) is 6.59. The fourth-order valence-electron chi connectivity index (χ4n) is 1.67. The van der Waals surface area contributed by atoms with Gasteiger partial charge in [-0.15, -0.1) is 0 Å². The summed E-state index contributed by atoms with van der Waals surface area (Å²) in [5, 5.41) is 9.08. The molecule has 21 heavy (non-hydrogen) atoms. The maximum absolute atomic E-state index is 11.7. The number of carbonyl (C=O) groups excluding carboxylic acids is 1. The standard InChI is InChI=1S/C15H12ClNO4/c1-2-19-15(18)11-5-6-20-14(11)9-21-13-4-3-10(8-17)7-12(13)16/h3-7H,2,9H2,1H3. The van der Waals surface area contributed by atoms with Crippen LogP contribution >= 0.6 is 11.6 Å². The molecule has 1 heterocycles. The van der Waals surface area contributed by atoms with Gasteiger partial charge in [-0.3, -0.25) is 0 Å². The summed E-state index contributed by atoms with van der Waals surface area (Å²) >= 11 is 6.00. The van der Waals surface area contributed by atoms with Crippen LogP contribution in [0.2, 0.25) is 5.02 Å². The maximum atomic E-state index is 11.7. The summed E-state index contributed by atoms with van der Waals surface area (Å²) in [4.78, 5) is 11.7. The van der Waals surface area contributed by atoms with Gasteiger partial charge in [-0.25, -0.2) is 4.79 Å². The SMILES string of the molecule is CCOC(=O)c1ccoc1COc1ccc(C#N)cc1Cl. The first kappa shape index (κ1) is 14.9. The van der Waals surface area contributed by atoms with Gasteiger partial charge in [0.15, 0.2) is 5.76 Å². The Hall–Kier alpha value is -2.45. The van der Waals surface area contributed by atoms with E-state index in [-0.39, 0.29) is 13.2 Å². The van der Waals surface area contributed by atoms with Crippen molar-refractivity contribution >= 4 is 17.6 Å². The maximum Gasteiger partial charge on any atom is 0.341 e. The van der Waals surface area contributed by atoms with Gasteiger partial charge in [-0.1, -0.05) is 11.6 Å². The third-order valence-corrected chi connectivity index (χ3v) is 2.96. The van der Waals surface area contributed by atoms with Crippen LogP contribution in [0.3, 0.4) is 0 Å². The zero-order chi connectivity index (χ0) is 15.2. The second kappa shape index (κ2) is 6.82. The molecular weight excluding hydrogens is 294 g/mol. The highest BCUT2D eigenvalue weighted by Crippen LogP contribution is 2.26. The van der Waals surface area contributed by atoms with Crippen LogP contribution < -0.4 is 4.74 Å². The Morgan fingerprint density at radius 1 is 1.43 bits per heavy atom. The van der Waals surface area contributed by atoms with E-state index in [1.54, 1.807) is 19.1 Å². The molecule has 1 aromatic heterocycles. The van der Waals surface area contributed by atoms with Gasteiger partial charge in [0, 0.05) is 0 Å². The molecule has 0 spiro atoms. The third-order valence-electron chi connectivity index (χ3n) is 2.66. The number of esters is 1. The van der Waals surface area contributed by atoms with Gasteiger partial charge < -0.3 is 13.9 Å². The van der Waals surface area contributed by atoms with Crippen LogP contribution in [-0.4, -0.2) is 12.6 Å². The van der Waals surface area contributed by atoms with Gasteiger partial charge in [-0.05, 0) is 31.2 Å². The Bertz CT molecular complexity index is 687. The predicted molar refractivity (Wildman–Crippen MR) is 75.2 cm³/mol. The molecule has 0 amide bonds. The van der Waals surface area contributed by atoms with Crippen molar-refractivity contribution in [3.8, 4) is 11.8 Å².